The van der Waals surface area contributed by atoms with Crippen molar-refractivity contribution in [2.45, 2.75) is 13.8 Å². The van der Waals surface area contributed by atoms with Crippen molar-refractivity contribution in [3.63, 3.8) is 0 Å². The minimum atomic E-state index is -0.146. The molecule has 0 aromatic carbocycles. The van der Waals surface area contributed by atoms with Crippen LogP contribution in [0.4, 0.5) is 5.69 Å². The lowest BCUT2D eigenvalue weighted by molar-refractivity contribution is 0.0673. The van der Waals surface area contributed by atoms with Crippen LogP contribution in [0.5, 0.6) is 0 Å². The quantitative estimate of drug-likeness (QED) is 0.813. The maximum atomic E-state index is 12.5. The Morgan fingerprint density at radius 1 is 1.58 bits per heavy atom. The summed E-state index contributed by atoms with van der Waals surface area (Å²) in [7, 11) is 1.61. The zero-order valence-electron chi connectivity index (χ0n) is 11.5. The van der Waals surface area contributed by atoms with E-state index >= 15 is 0 Å². The second-order valence-corrected chi connectivity index (χ2v) is 5.12. The summed E-state index contributed by atoms with van der Waals surface area (Å²) in [5.41, 5.74) is 6.51. The van der Waals surface area contributed by atoms with E-state index in [1.807, 2.05) is 0 Å². The molecule has 0 saturated heterocycles. The number of ether oxygens (including phenoxy) is 1. The maximum Gasteiger partial charge on any atom is 0.256 e. The molecule has 0 aliphatic rings. The molecule has 1 amide bonds. The van der Waals surface area contributed by atoms with E-state index in [9.17, 15) is 4.79 Å². The fraction of sp³-hybridized carbons (Fsp3) is 0.538. The predicted molar refractivity (Wildman–Crippen MR) is 76.3 cm³/mol. The van der Waals surface area contributed by atoms with E-state index in [2.05, 4.69) is 18.8 Å². The molecular weight excluding hydrogens is 266 g/mol. The zero-order chi connectivity index (χ0) is 14.4. The maximum absolute atomic E-state index is 12.5. The van der Waals surface area contributed by atoms with Crippen LogP contribution in [-0.2, 0) is 4.74 Å². The van der Waals surface area contributed by atoms with Crippen LogP contribution in [0.1, 0.15) is 24.2 Å². The van der Waals surface area contributed by atoms with Crippen molar-refractivity contribution >= 4 is 23.2 Å². The lowest BCUT2D eigenvalue weighted by Gasteiger charge is -2.24. The van der Waals surface area contributed by atoms with Gasteiger partial charge in [0.25, 0.3) is 5.91 Å². The number of aromatic nitrogens is 1. The Balaban J connectivity index is 2.93. The van der Waals surface area contributed by atoms with Crippen molar-refractivity contribution < 1.29 is 9.53 Å². The van der Waals surface area contributed by atoms with E-state index in [-0.39, 0.29) is 11.1 Å². The van der Waals surface area contributed by atoms with Gasteiger partial charge in [-0.3, -0.25) is 4.79 Å². The van der Waals surface area contributed by atoms with Crippen LogP contribution in [0.2, 0.25) is 5.15 Å². The highest BCUT2D eigenvalue weighted by Gasteiger charge is 2.19. The third-order valence-corrected chi connectivity index (χ3v) is 2.78. The van der Waals surface area contributed by atoms with Crippen molar-refractivity contribution in [1.82, 2.24) is 9.88 Å². The first-order valence-corrected chi connectivity index (χ1v) is 6.52. The number of halogens is 1. The summed E-state index contributed by atoms with van der Waals surface area (Å²) in [4.78, 5) is 18.0. The van der Waals surface area contributed by atoms with Crippen molar-refractivity contribution in [3.8, 4) is 0 Å². The topological polar surface area (TPSA) is 68.5 Å². The van der Waals surface area contributed by atoms with Gasteiger partial charge in [-0.05, 0) is 12.0 Å². The summed E-state index contributed by atoms with van der Waals surface area (Å²) in [6.45, 7) is 5.75. The molecule has 0 radical (unpaired) electrons. The van der Waals surface area contributed by atoms with E-state index in [1.165, 1.54) is 12.3 Å². The molecule has 0 aliphatic carbocycles. The molecular formula is C13H20ClN3O2. The monoisotopic (exact) mass is 285 g/mol. The summed E-state index contributed by atoms with van der Waals surface area (Å²) in [6, 6.07) is 1.50. The van der Waals surface area contributed by atoms with E-state index in [1.54, 1.807) is 12.0 Å². The molecule has 0 atom stereocenters. The highest BCUT2D eigenvalue weighted by molar-refractivity contribution is 6.29. The number of pyridine rings is 1. The van der Waals surface area contributed by atoms with E-state index in [0.29, 0.717) is 36.9 Å². The first-order valence-electron chi connectivity index (χ1n) is 6.15. The first kappa shape index (κ1) is 15.7. The highest BCUT2D eigenvalue weighted by Crippen LogP contribution is 2.17. The number of methoxy groups -OCH3 is 1. The van der Waals surface area contributed by atoms with Crippen molar-refractivity contribution in [2.24, 2.45) is 5.92 Å². The molecule has 1 rings (SSSR count). The van der Waals surface area contributed by atoms with Crippen LogP contribution in [0, 0.1) is 5.92 Å². The van der Waals surface area contributed by atoms with E-state index in [4.69, 9.17) is 22.1 Å². The number of nitrogens with two attached hydrogens (primary N) is 1. The molecule has 5 nitrogen and oxygen atoms in total. The lowest BCUT2D eigenvalue weighted by atomic mass is 10.1. The molecule has 6 heteroatoms. The zero-order valence-corrected chi connectivity index (χ0v) is 12.3. The molecule has 1 aromatic heterocycles. The number of hydrogen-bond acceptors (Lipinski definition) is 4. The van der Waals surface area contributed by atoms with Gasteiger partial charge in [0.1, 0.15) is 5.15 Å². The molecule has 19 heavy (non-hydrogen) atoms. The standard InChI is InChI=1S/C13H20ClN3O2/c1-9(2)8-17(4-5-19-3)13(18)10-6-12(14)16-7-11(10)15/h6-7,9H,4-5,8,15H2,1-3H3. The average Bonchev–Trinajstić information content (AvgIpc) is 2.36. The van der Waals surface area contributed by atoms with Gasteiger partial charge in [-0.2, -0.15) is 0 Å². The second-order valence-electron chi connectivity index (χ2n) is 4.73. The van der Waals surface area contributed by atoms with E-state index in [0.717, 1.165) is 0 Å². The van der Waals surface area contributed by atoms with Gasteiger partial charge in [-0.25, -0.2) is 4.98 Å². The molecule has 1 aromatic rings. The molecule has 0 spiro atoms. The Hall–Kier alpha value is -1.33. The van der Waals surface area contributed by atoms with Crippen LogP contribution in [-0.4, -0.2) is 42.6 Å². The van der Waals surface area contributed by atoms with Gasteiger partial charge in [-0.1, -0.05) is 25.4 Å². The number of nitrogens with zero attached hydrogens (tertiary/aromatic N) is 2. The molecule has 0 bridgehead atoms. The van der Waals surface area contributed by atoms with Gasteiger partial charge in [0, 0.05) is 20.2 Å². The van der Waals surface area contributed by atoms with Gasteiger partial charge in [0.15, 0.2) is 0 Å². The number of nitrogen functional groups attached to an aromatic ring is 1. The Kier molecular flexibility index (Phi) is 6.05. The Bertz CT molecular complexity index is 438. The molecule has 106 valence electrons. The van der Waals surface area contributed by atoms with Crippen LogP contribution in [0.25, 0.3) is 0 Å². The first-order chi connectivity index (χ1) is 8.95. The Labute approximate surface area is 118 Å². The van der Waals surface area contributed by atoms with Crippen LogP contribution in [0.3, 0.4) is 0 Å². The smallest absolute Gasteiger partial charge is 0.256 e. The number of hydrogen-bond donors (Lipinski definition) is 1. The second kappa shape index (κ2) is 7.31. The van der Waals surface area contributed by atoms with Gasteiger partial charge >= 0.3 is 0 Å². The molecule has 0 unspecified atom stereocenters. The average molecular weight is 286 g/mol. The summed E-state index contributed by atoms with van der Waals surface area (Å²) < 4.78 is 5.03. The Morgan fingerprint density at radius 2 is 2.26 bits per heavy atom. The molecule has 0 fully saturated rings. The van der Waals surface area contributed by atoms with Crippen molar-refractivity contribution in [3.05, 3.63) is 23.0 Å². The van der Waals surface area contributed by atoms with Crippen molar-refractivity contribution in [2.75, 3.05) is 32.5 Å². The molecule has 1 heterocycles. The summed E-state index contributed by atoms with van der Waals surface area (Å²) >= 11 is 5.81. The normalized spacial score (nSPS) is 10.8. The third-order valence-electron chi connectivity index (χ3n) is 2.57. The van der Waals surface area contributed by atoms with Crippen LogP contribution in [0.15, 0.2) is 12.3 Å². The number of carbonyl (C=O) groups excluding carboxylic acids is 1. The fourth-order valence-corrected chi connectivity index (χ4v) is 1.87. The summed E-state index contributed by atoms with van der Waals surface area (Å²) in [5, 5.41) is 0.258. The molecule has 0 aliphatic heterocycles. The van der Waals surface area contributed by atoms with E-state index < -0.39 is 0 Å². The van der Waals surface area contributed by atoms with Crippen LogP contribution >= 0.6 is 11.6 Å². The third kappa shape index (κ3) is 4.69. The predicted octanol–water partition coefficient (Wildman–Crippen LogP) is 2.06. The van der Waals surface area contributed by atoms with Gasteiger partial charge in [-0.15, -0.1) is 0 Å². The minimum Gasteiger partial charge on any atom is -0.397 e. The molecule has 0 saturated carbocycles. The largest absolute Gasteiger partial charge is 0.397 e. The minimum absolute atomic E-state index is 0.146. The lowest BCUT2D eigenvalue weighted by Crippen LogP contribution is -2.37. The number of rotatable bonds is 6. The SMILES string of the molecule is COCCN(CC(C)C)C(=O)c1cc(Cl)ncc1N. The van der Waals surface area contributed by atoms with Gasteiger partial charge in [0.2, 0.25) is 0 Å². The number of carbonyl (C=O) groups is 1. The van der Waals surface area contributed by atoms with Gasteiger partial charge in [0.05, 0.1) is 24.1 Å². The number of amides is 1. The van der Waals surface area contributed by atoms with Crippen LogP contribution < -0.4 is 5.73 Å². The number of anilines is 1. The molecule has 2 N–H and O–H groups in total. The summed E-state index contributed by atoms with van der Waals surface area (Å²) in [6.07, 6.45) is 1.40. The van der Waals surface area contributed by atoms with Crippen molar-refractivity contribution in [1.29, 1.82) is 0 Å². The fourth-order valence-electron chi connectivity index (χ4n) is 1.71. The Morgan fingerprint density at radius 3 is 2.84 bits per heavy atom. The summed E-state index contributed by atoms with van der Waals surface area (Å²) in [5.74, 6) is 0.215. The van der Waals surface area contributed by atoms with Gasteiger partial charge < -0.3 is 15.4 Å². The highest BCUT2D eigenvalue weighted by atomic mass is 35.5.